The van der Waals surface area contributed by atoms with Gasteiger partial charge in [-0.05, 0) is 42.3 Å². The third-order valence-corrected chi connectivity index (χ3v) is 3.64. The van der Waals surface area contributed by atoms with Crippen molar-refractivity contribution in [2.45, 2.75) is 18.9 Å². The molecule has 0 saturated carbocycles. The first-order chi connectivity index (χ1) is 9.56. The molecule has 2 nitrogen and oxygen atoms in total. The van der Waals surface area contributed by atoms with Crippen LogP contribution in [0.1, 0.15) is 18.1 Å². The number of fused-ring (bicyclic) bond motifs is 1. The average molecular weight is 269 g/mol. The molecule has 102 valence electrons. The van der Waals surface area contributed by atoms with E-state index in [0.717, 1.165) is 22.0 Å². The summed E-state index contributed by atoms with van der Waals surface area (Å²) in [5, 5.41) is 11.8. The number of halogens is 1. The Morgan fingerprint density at radius 2 is 1.85 bits per heavy atom. The fourth-order valence-electron chi connectivity index (χ4n) is 2.65. The fraction of sp³-hybridized carbons (Fsp3) is 0.176. The van der Waals surface area contributed by atoms with Crippen LogP contribution in [0.2, 0.25) is 0 Å². The van der Waals surface area contributed by atoms with Crippen molar-refractivity contribution in [1.82, 2.24) is 4.98 Å². The molecule has 2 N–H and O–H groups in total. The Bertz CT molecular complexity index is 728. The van der Waals surface area contributed by atoms with Crippen LogP contribution in [-0.4, -0.2) is 10.1 Å². The smallest absolute Gasteiger partial charge is 0.123 e. The lowest BCUT2D eigenvalue weighted by atomic mass is 9.87. The molecule has 3 aromatic rings. The van der Waals surface area contributed by atoms with Crippen molar-refractivity contribution in [2.75, 3.05) is 0 Å². The van der Waals surface area contributed by atoms with Gasteiger partial charge in [0, 0.05) is 23.5 Å². The molecule has 3 rings (SSSR count). The molecule has 0 fully saturated rings. The summed E-state index contributed by atoms with van der Waals surface area (Å²) >= 11 is 0. The second-order valence-corrected chi connectivity index (χ2v) is 5.32. The van der Waals surface area contributed by atoms with Crippen LogP contribution in [-0.2, 0) is 12.0 Å². The lowest BCUT2D eigenvalue weighted by Gasteiger charge is -2.25. The van der Waals surface area contributed by atoms with E-state index < -0.39 is 5.60 Å². The number of aromatic nitrogens is 1. The van der Waals surface area contributed by atoms with Crippen LogP contribution in [0.3, 0.4) is 0 Å². The number of rotatable bonds is 3. The highest BCUT2D eigenvalue weighted by Gasteiger charge is 2.25. The highest BCUT2D eigenvalue weighted by atomic mass is 19.1. The van der Waals surface area contributed by atoms with Gasteiger partial charge in [0.2, 0.25) is 0 Å². The molecule has 3 heteroatoms. The molecule has 0 saturated heterocycles. The predicted octanol–water partition coefficient (Wildman–Crippen LogP) is 3.76. The van der Waals surface area contributed by atoms with Gasteiger partial charge in [-0.3, -0.25) is 0 Å². The van der Waals surface area contributed by atoms with Crippen molar-refractivity contribution >= 4 is 10.9 Å². The second-order valence-electron chi connectivity index (χ2n) is 5.32. The maximum absolute atomic E-state index is 12.9. The number of aliphatic hydroxyl groups is 1. The molecule has 1 unspecified atom stereocenters. The Kier molecular flexibility index (Phi) is 3.07. The first-order valence-electron chi connectivity index (χ1n) is 6.60. The number of aromatic amines is 1. The molecule has 0 aliphatic heterocycles. The van der Waals surface area contributed by atoms with E-state index in [1.807, 2.05) is 30.5 Å². The van der Waals surface area contributed by atoms with Gasteiger partial charge in [0.05, 0.1) is 5.60 Å². The highest BCUT2D eigenvalue weighted by molar-refractivity contribution is 5.83. The Hall–Kier alpha value is -2.13. The largest absolute Gasteiger partial charge is 0.385 e. The lowest BCUT2D eigenvalue weighted by molar-refractivity contribution is 0.0592. The van der Waals surface area contributed by atoms with E-state index in [4.69, 9.17) is 0 Å². The van der Waals surface area contributed by atoms with Gasteiger partial charge in [-0.15, -0.1) is 0 Å². The summed E-state index contributed by atoms with van der Waals surface area (Å²) in [6.07, 6.45) is 2.31. The van der Waals surface area contributed by atoms with Crippen LogP contribution in [0, 0.1) is 5.82 Å². The van der Waals surface area contributed by atoms with E-state index in [-0.39, 0.29) is 5.82 Å². The number of hydrogen-bond acceptors (Lipinski definition) is 1. The molecule has 20 heavy (non-hydrogen) atoms. The first kappa shape index (κ1) is 12.9. The summed E-state index contributed by atoms with van der Waals surface area (Å²) in [6.45, 7) is 1.79. The van der Waals surface area contributed by atoms with Crippen LogP contribution in [0.5, 0.6) is 0 Å². The van der Waals surface area contributed by atoms with Crippen molar-refractivity contribution < 1.29 is 9.50 Å². The summed E-state index contributed by atoms with van der Waals surface area (Å²) in [4.78, 5) is 3.14. The lowest BCUT2D eigenvalue weighted by Crippen LogP contribution is -2.24. The minimum atomic E-state index is -1.00. The minimum absolute atomic E-state index is 0.263. The number of hydrogen-bond donors (Lipinski definition) is 2. The Labute approximate surface area is 116 Å². The van der Waals surface area contributed by atoms with Gasteiger partial charge in [0.25, 0.3) is 0 Å². The number of nitrogens with one attached hydrogen (secondary N) is 1. The topological polar surface area (TPSA) is 36.0 Å². The highest BCUT2D eigenvalue weighted by Crippen LogP contribution is 2.31. The molecule has 1 heterocycles. The van der Waals surface area contributed by atoms with Crippen molar-refractivity contribution in [2.24, 2.45) is 0 Å². The minimum Gasteiger partial charge on any atom is -0.385 e. The van der Waals surface area contributed by atoms with Crippen LogP contribution in [0.15, 0.2) is 54.7 Å². The third-order valence-electron chi connectivity index (χ3n) is 3.64. The summed E-state index contributed by atoms with van der Waals surface area (Å²) in [5.41, 5.74) is 1.78. The van der Waals surface area contributed by atoms with E-state index in [9.17, 15) is 9.50 Å². The van der Waals surface area contributed by atoms with Crippen molar-refractivity contribution in [1.29, 1.82) is 0 Å². The molecule has 0 aliphatic carbocycles. The summed E-state index contributed by atoms with van der Waals surface area (Å²) < 4.78 is 12.9. The van der Waals surface area contributed by atoms with E-state index >= 15 is 0 Å². The molecule has 0 amide bonds. The maximum atomic E-state index is 12.9. The number of H-pyrrole nitrogens is 1. The quantitative estimate of drug-likeness (QED) is 0.746. The van der Waals surface area contributed by atoms with Gasteiger partial charge in [0.1, 0.15) is 5.82 Å². The Morgan fingerprint density at radius 1 is 1.10 bits per heavy atom. The van der Waals surface area contributed by atoms with Crippen LogP contribution in [0.4, 0.5) is 4.39 Å². The molecule has 2 aromatic carbocycles. The van der Waals surface area contributed by atoms with E-state index in [0.29, 0.717) is 6.42 Å². The molecular formula is C17H16FNO. The molecule has 1 aromatic heterocycles. The zero-order valence-corrected chi connectivity index (χ0v) is 11.2. The van der Waals surface area contributed by atoms with Crippen LogP contribution in [0.25, 0.3) is 10.9 Å². The summed E-state index contributed by atoms with van der Waals surface area (Å²) in [6, 6.07) is 14.1. The zero-order valence-electron chi connectivity index (χ0n) is 11.2. The standard InChI is InChI=1S/C17H16FNO/c1-17(20,11-12-5-7-13(18)8-6-12)15-3-2-4-16-14(15)9-10-19-16/h2-10,19-20H,11H2,1H3. The van der Waals surface area contributed by atoms with E-state index in [2.05, 4.69) is 4.98 Å². The molecule has 0 bridgehead atoms. The maximum Gasteiger partial charge on any atom is 0.123 e. The Morgan fingerprint density at radius 3 is 2.60 bits per heavy atom. The van der Waals surface area contributed by atoms with Crippen molar-refractivity contribution in [3.63, 3.8) is 0 Å². The number of benzene rings is 2. The third kappa shape index (κ3) is 2.32. The van der Waals surface area contributed by atoms with Gasteiger partial charge >= 0.3 is 0 Å². The van der Waals surface area contributed by atoms with E-state index in [1.165, 1.54) is 12.1 Å². The van der Waals surface area contributed by atoms with Gasteiger partial charge in [-0.1, -0.05) is 24.3 Å². The monoisotopic (exact) mass is 269 g/mol. The van der Waals surface area contributed by atoms with Crippen molar-refractivity contribution in [3.8, 4) is 0 Å². The normalized spacial score (nSPS) is 14.3. The molecule has 0 spiro atoms. The fourth-order valence-corrected chi connectivity index (χ4v) is 2.65. The molecule has 0 radical (unpaired) electrons. The summed E-state index contributed by atoms with van der Waals surface area (Å²) in [7, 11) is 0. The van der Waals surface area contributed by atoms with Crippen molar-refractivity contribution in [3.05, 3.63) is 71.7 Å². The Balaban J connectivity index is 1.98. The van der Waals surface area contributed by atoms with Gasteiger partial charge < -0.3 is 10.1 Å². The molecular weight excluding hydrogens is 253 g/mol. The molecule has 1 atom stereocenters. The SMILES string of the molecule is CC(O)(Cc1ccc(F)cc1)c1cccc2[nH]ccc12. The zero-order chi connectivity index (χ0) is 14.2. The van der Waals surface area contributed by atoms with Crippen LogP contribution < -0.4 is 0 Å². The average Bonchev–Trinajstić information content (AvgIpc) is 2.89. The van der Waals surface area contributed by atoms with E-state index in [1.54, 1.807) is 19.1 Å². The van der Waals surface area contributed by atoms with Gasteiger partial charge in [-0.2, -0.15) is 0 Å². The van der Waals surface area contributed by atoms with Crippen LogP contribution >= 0.6 is 0 Å². The molecule has 0 aliphatic rings. The first-order valence-corrected chi connectivity index (χ1v) is 6.60. The van der Waals surface area contributed by atoms with Gasteiger partial charge in [-0.25, -0.2) is 4.39 Å². The second kappa shape index (κ2) is 4.76. The van der Waals surface area contributed by atoms with Gasteiger partial charge in [0.15, 0.2) is 0 Å². The predicted molar refractivity (Wildman–Crippen MR) is 78.0 cm³/mol. The summed E-state index contributed by atoms with van der Waals surface area (Å²) in [5.74, 6) is -0.263.